The minimum atomic E-state index is -4.13. The summed E-state index contributed by atoms with van der Waals surface area (Å²) in [6, 6.07) is 35.3. The van der Waals surface area contributed by atoms with Crippen molar-refractivity contribution < 1.29 is 52.7 Å². The molecular weight excluding hydrogens is 1010 g/mol. The molecule has 0 bridgehead atoms. The first-order chi connectivity index (χ1) is 36.8. The maximum Gasteiger partial charge on any atom is 0.389 e. The van der Waals surface area contributed by atoms with Crippen molar-refractivity contribution in [2.75, 3.05) is 0 Å². The lowest BCUT2D eigenvalue weighted by Crippen LogP contribution is -2.77. The fraction of sp³-hybridized carbons (Fsp3) is 0.625. The molecule has 0 fully saturated rings. The summed E-state index contributed by atoms with van der Waals surface area (Å²) >= 11 is 0. The van der Waals surface area contributed by atoms with E-state index in [1.807, 2.05) is 0 Å². The van der Waals surface area contributed by atoms with Gasteiger partial charge in [-0.25, -0.2) is 0 Å². The van der Waals surface area contributed by atoms with Gasteiger partial charge in [-0.15, -0.1) is 0 Å². The van der Waals surface area contributed by atoms with E-state index in [2.05, 4.69) is 97.1 Å². The molecule has 432 valence electrons. The highest BCUT2D eigenvalue weighted by molar-refractivity contribution is 7.20. The molecule has 0 aliphatic heterocycles. The van der Waals surface area contributed by atoms with E-state index >= 15 is 0 Å². The second-order valence-electron chi connectivity index (χ2n) is 22.0. The van der Waals surface area contributed by atoms with Crippen LogP contribution in [0.3, 0.4) is 0 Å². The van der Waals surface area contributed by atoms with Gasteiger partial charge in [0.2, 0.25) is 0 Å². The first kappa shape index (κ1) is 65.6. The maximum atomic E-state index is 12.8. The largest absolute Gasteiger partial charge is 0.389 e. The van der Waals surface area contributed by atoms with Crippen molar-refractivity contribution in [3.63, 3.8) is 0 Å². The van der Waals surface area contributed by atoms with Crippen molar-refractivity contribution in [1.29, 1.82) is 0 Å². The molecule has 0 amide bonds. The number of alkyl halides is 12. The maximum absolute atomic E-state index is 12.8. The zero-order valence-electron chi connectivity index (χ0n) is 45.8. The summed E-state index contributed by atoms with van der Waals surface area (Å²) < 4.78 is 153. The second-order valence-corrected chi connectivity index (χ2v) is 22.0. The van der Waals surface area contributed by atoms with Gasteiger partial charge in [-0.05, 0) is 77.0 Å². The van der Waals surface area contributed by atoms with Gasteiger partial charge >= 0.3 is 24.7 Å². The third kappa shape index (κ3) is 26.3. The summed E-state index contributed by atoms with van der Waals surface area (Å²) in [6.07, 6.45) is 2.58. The number of rotatable bonds is 40. The number of unbranched alkanes of at least 4 members (excludes halogenated alkanes) is 24. The van der Waals surface area contributed by atoms with Crippen LogP contribution in [0.15, 0.2) is 97.1 Å². The SMILES string of the molecule is FC(F)(F)CCCCCCCCCc1ccccc1[B-](c1ccccc1CCCCCCCCCC(F)(F)F)(c1ccccc1CCCCCCCCCC(F)(F)F)c1ccccc1CCCCCCCCCC(F)(F)F. The first-order valence-electron chi connectivity index (χ1n) is 29.6. The van der Waals surface area contributed by atoms with Gasteiger partial charge in [-0.3, -0.25) is 0 Å². The van der Waals surface area contributed by atoms with Crippen molar-refractivity contribution in [2.24, 2.45) is 0 Å². The topological polar surface area (TPSA) is 0 Å². The van der Waals surface area contributed by atoms with Crippen LogP contribution in [0.1, 0.15) is 228 Å². The molecule has 0 nitrogen and oxygen atoms in total. The summed E-state index contributed by atoms with van der Waals surface area (Å²) in [5.74, 6) is 0. The van der Waals surface area contributed by atoms with Crippen LogP contribution in [-0.4, -0.2) is 30.9 Å². The normalized spacial score (nSPS) is 12.7. The van der Waals surface area contributed by atoms with Crippen molar-refractivity contribution in [3.8, 4) is 0 Å². The molecule has 4 rings (SSSR count). The smallest absolute Gasteiger partial charge is 0.192 e. The first-order valence-corrected chi connectivity index (χ1v) is 29.6. The van der Waals surface area contributed by atoms with Gasteiger partial charge in [0, 0.05) is 25.7 Å². The Bertz CT molecular complexity index is 1860. The van der Waals surface area contributed by atoms with Crippen molar-refractivity contribution in [3.05, 3.63) is 119 Å². The van der Waals surface area contributed by atoms with E-state index in [1.165, 1.54) is 44.1 Å². The van der Waals surface area contributed by atoms with Crippen LogP contribution in [0.5, 0.6) is 0 Å². The molecule has 0 aliphatic rings. The van der Waals surface area contributed by atoms with E-state index in [0.717, 1.165) is 154 Å². The number of halogens is 12. The Morgan fingerprint density at radius 2 is 0.364 bits per heavy atom. The van der Waals surface area contributed by atoms with Gasteiger partial charge in [0.15, 0.2) is 0 Å². The molecule has 0 spiro atoms. The van der Waals surface area contributed by atoms with Gasteiger partial charge in [0.1, 0.15) is 6.15 Å². The Morgan fingerprint density at radius 1 is 0.208 bits per heavy atom. The second kappa shape index (κ2) is 35.0. The molecule has 0 saturated carbocycles. The monoisotopic (exact) mass is 1100 g/mol. The molecule has 13 heteroatoms. The lowest BCUT2D eigenvalue weighted by Gasteiger charge is -2.49. The standard InChI is InChI=1S/C64H88BF12/c66-61(67,68)49-33-17-9-1-5-13-21-37-53-41-25-29-45-57(53)65(58-46-30-26-42-54(58)38-22-14-6-2-10-18-34-50-62(69,70)71,59-47-31-27-43-55(59)39-23-15-7-3-11-19-35-51-63(72,73)74)60-48-32-28-44-56(60)40-24-16-8-4-12-20-36-52-64(75,76)77/h25-32,41-48H,1-24,33-40,49-52H2/q-1. The molecule has 4 aromatic carbocycles. The number of aryl methyl sites for hydroxylation is 4. The van der Waals surface area contributed by atoms with Crippen LogP contribution < -0.4 is 21.9 Å². The zero-order chi connectivity index (χ0) is 55.9. The van der Waals surface area contributed by atoms with Gasteiger partial charge in [-0.2, -0.15) is 74.5 Å². The molecule has 0 saturated heterocycles. The van der Waals surface area contributed by atoms with Crippen molar-refractivity contribution in [2.45, 2.75) is 256 Å². The fourth-order valence-corrected chi connectivity index (χ4v) is 11.8. The van der Waals surface area contributed by atoms with Crippen LogP contribution in [0, 0.1) is 0 Å². The summed E-state index contributed by atoms with van der Waals surface area (Å²) in [5.41, 5.74) is 10.0. The molecule has 0 unspecified atom stereocenters. The molecule has 0 aliphatic carbocycles. The predicted octanol–water partition coefficient (Wildman–Crippen LogP) is 20.0. The number of hydrogen-bond acceptors (Lipinski definition) is 0. The van der Waals surface area contributed by atoms with E-state index in [-0.39, 0.29) is 25.7 Å². The Balaban J connectivity index is 1.74. The third-order valence-corrected chi connectivity index (χ3v) is 15.7. The molecule has 0 atom stereocenters. The predicted molar refractivity (Wildman–Crippen MR) is 297 cm³/mol. The highest BCUT2D eigenvalue weighted by atomic mass is 19.4. The molecule has 0 aromatic heterocycles. The molecule has 0 heterocycles. The molecule has 4 aromatic rings. The van der Waals surface area contributed by atoms with Crippen LogP contribution in [-0.2, 0) is 25.7 Å². The van der Waals surface area contributed by atoms with E-state index in [1.54, 1.807) is 0 Å². The number of hydrogen-bond donors (Lipinski definition) is 0. The van der Waals surface area contributed by atoms with Gasteiger partial charge in [0.05, 0.1) is 0 Å². The fourth-order valence-electron chi connectivity index (χ4n) is 11.8. The zero-order valence-corrected chi connectivity index (χ0v) is 45.8. The molecular formula is C64H88BF12-. The lowest BCUT2D eigenvalue weighted by atomic mass is 9.11. The third-order valence-electron chi connectivity index (χ3n) is 15.7. The summed E-state index contributed by atoms with van der Waals surface area (Å²) in [4.78, 5) is 0. The summed E-state index contributed by atoms with van der Waals surface area (Å²) in [6.45, 7) is 0. The van der Waals surface area contributed by atoms with Crippen molar-refractivity contribution >= 4 is 28.0 Å². The highest BCUT2D eigenvalue weighted by Crippen LogP contribution is 2.28. The Kier molecular flexibility index (Phi) is 29.8. The van der Waals surface area contributed by atoms with Gasteiger partial charge < -0.3 is 0 Å². The van der Waals surface area contributed by atoms with Gasteiger partial charge in [0.25, 0.3) is 0 Å². The summed E-state index contributed by atoms with van der Waals surface area (Å²) in [5, 5.41) is 0. The highest BCUT2D eigenvalue weighted by Gasteiger charge is 2.37. The average molecular weight is 1100 g/mol. The average Bonchev–Trinajstić information content (AvgIpc) is 3.37. The molecule has 0 radical (unpaired) electrons. The van der Waals surface area contributed by atoms with E-state index in [9.17, 15) is 52.7 Å². The Hall–Kier alpha value is -3.90. The number of benzene rings is 4. The van der Waals surface area contributed by atoms with E-state index < -0.39 is 56.5 Å². The minimum Gasteiger partial charge on any atom is -0.192 e. The van der Waals surface area contributed by atoms with Crippen LogP contribution in [0.25, 0.3) is 0 Å². The van der Waals surface area contributed by atoms with E-state index in [0.29, 0.717) is 25.7 Å². The van der Waals surface area contributed by atoms with Crippen LogP contribution >= 0.6 is 0 Å². The quantitative estimate of drug-likeness (QED) is 0.0237. The Labute approximate surface area is 454 Å². The van der Waals surface area contributed by atoms with Crippen molar-refractivity contribution in [1.82, 2.24) is 0 Å². The molecule has 77 heavy (non-hydrogen) atoms. The minimum absolute atomic E-state index is 0.155. The summed E-state index contributed by atoms with van der Waals surface area (Å²) in [7, 11) is 0. The van der Waals surface area contributed by atoms with E-state index in [4.69, 9.17) is 0 Å². The Morgan fingerprint density at radius 3 is 0.545 bits per heavy atom. The molecule has 0 N–H and O–H groups in total. The van der Waals surface area contributed by atoms with Gasteiger partial charge in [-0.1, -0.05) is 248 Å². The lowest BCUT2D eigenvalue weighted by molar-refractivity contribution is -0.136. The van der Waals surface area contributed by atoms with Crippen LogP contribution in [0.4, 0.5) is 52.7 Å². The van der Waals surface area contributed by atoms with Crippen LogP contribution in [0.2, 0.25) is 0 Å².